The molecule has 25 heavy (non-hydrogen) atoms. The number of hydrogen-bond donors (Lipinski definition) is 1. The molecule has 1 aromatic rings. The Morgan fingerprint density at radius 1 is 1.32 bits per heavy atom. The first-order chi connectivity index (χ1) is 11.9. The van der Waals surface area contributed by atoms with Crippen molar-refractivity contribution in [1.82, 2.24) is 9.80 Å². The molecule has 3 rings (SSSR count). The van der Waals surface area contributed by atoms with Crippen molar-refractivity contribution in [2.75, 3.05) is 45.7 Å². The lowest BCUT2D eigenvalue weighted by atomic mass is 9.71. The summed E-state index contributed by atoms with van der Waals surface area (Å²) in [6.45, 7) is 2.10. The summed E-state index contributed by atoms with van der Waals surface area (Å²) in [4.78, 5) is 28.6. The molecule has 0 aromatic heterocycles. The molecule has 2 heterocycles. The number of nitrogens with one attached hydrogen (secondary N) is 1. The number of nitrogens with zero attached hydrogens (tertiary/aromatic N) is 2. The number of halogens is 1. The van der Waals surface area contributed by atoms with Crippen molar-refractivity contribution < 1.29 is 18.7 Å². The summed E-state index contributed by atoms with van der Waals surface area (Å²) < 4.78 is 18.8. The number of rotatable bonds is 2. The molecule has 2 saturated heterocycles. The minimum atomic E-state index is -0.402. The van der Waals surface area contributed by atoms with Crippen LogP contribution in [0.5, 0.6) is 0 Å². The van der Waals surface area contributed by atoms with Crippen LogP contribution in [0, 0.1) is 17.2 Å². The molecular formula is C18H24FN3O3. The van der Waals surface area contributed by atoms with Gasteiger partial charge in [-0.25, -0.2) is 9.18 Å². The van der Waals surface area contributed by atoms with E-state index in [2.05, 4.69) is 5.32 Å². The maximum absolute atomic E-state index is 13.3. The van der Waals surface area contributed by atoms with Crippen molar-refractivity contribution in [1.29, 1.82) is 0 Å². The number of urea groups is 1. The second-order valence-electron chi connectivity index (χ2n) is 7.08. The van der Waals surface area contributed by atoms with E-state index in [9.17, 15) is 14.0 Å². The van der Waals surface area contributed by atoms with E-state index in [1.165, 1.54) is 12.1 Å². The van der Waals surface area contributed by atoms with Crippen LogP contribution in [0.1, 0.15) is 12.8 Å². The van der Waals surface area contributed by atoms with Crippen LogP contribution in [0.15, 0.2) is 24.3 Å². The van der Waals surface area contributed by atoms with Gasteiger partial charge in [0.25, 0.3) is 0 Å². The van der Waals surface area contributed by atoms with Crippen LogP contribution in [0.2, 0.25) is 0 Å². The van der Waals surface area contributed by atoms with Gasteiger partial charge in [0.2, 0.25) is 5.91 Å². The van der Waals surface area contributed by atoms with Gasteiger partial charge in [0, 0.05) is 51.5 Å². The Bertz CT molecular complexity index is 659. The van der Waals surface area contributed by atoms with E-state index in [0.717, 1.165) is 12.8 Å². The van der Waals surface area contributed by atoms with Crippen molar-refractivity contribution in [2.45, 2.75) is 12.8 Å². The molecule has 0 saturated carbocycles. The molecule has 6 nitrogen and oxygen atoms in total. The quantitative estimate of drug-likeness (QED) is 0.890. The lowest BCUT2D eigenvalue weighted by molar-refractivity contribution is -0.138. The number of hydrogen-bond acceptors (Lipinski definition) is 3. The van der Waals surface area contributed by atoms with Gasteiger partial charge >= 0.3 is 6.03 Å². The number of amides is 3. The van der Waals surface area contributed by atoms with Crippen LogP contribution >= 0.6 is 0 Å². The number of anilines is 1. The van der Waals surface area contributed by atoms with Gasteiger partial charge in [0.1, 0.15) is 5.82 Å². The molecule has 1 aromatic carbocycles. The molecule has 7 heteroatoms. The number of carbonyl (C=O) groups is 2. The van der Waals surface area contributed by atoms with Crippen LogP contribution in [-0.4, -0.2) is 62.1 Å². The first-order valence-electron chi connectivity index (χ1n) is 8.52. The fourth-order valence-corrected chi connectivity index (χ4v) is 3.83. The predicted molar refractivity (Wildman–Crippen MR) is 91.7 cm³/mol. The van der Waals surface area contributed by atoms with E-state index in [1.54, 1.807) is 36.0 Å². The summed E-state index contributed by atoms with van der Waals surface area (Å²) in [7, 11) is 3.48. The Hall–Kier alpha value is -2.15. The summed E-state index contributed by atoms with van der Waals surface area (Å²) in [6, 6.07) is 5.50. The molecular weight excluding hydrogens is 325 g/mol. The molecule has 0 aliphatic carbocycles. The van der Waals surface area contributed by atoms with Gasteiger partial charge in [-0.3, -0.25) is 4.79 Å². The Kier molecular flexibility index (Phi) is 4.94. The van der Waals surface area contributed by atoms with E-state index < -0.39 is 5.82 Å². The second kappa shape index (κ2) is 7.00. The molecule has 1 spiro atoms. The Morgan fingerprint density at radius 3 is 2.68 bits per heavy atom. The summed E-state index contributed by atoms with van der Waals surface area (Å²) in [5, 5.41) is 2.73. The second-order valence-corrected chi connectivity index (χ2v) is 7.08. The van der Waals surface area contributed by atoms with E-state index in [4.69, 9.17) is 4.74 Å². The first-order valence-corrected chi connectivity index (χ1v) is 8.52. The van der Waals surface area contributed by atoms with Crippen LogP contribution in [0.25, 0.3) is 0 Å². The third-order valence-electron chi connectivity index (χ3n) is 5.24. The summed E-state index contributed by atoms with van der Waals surface area (Å²) >= 11 is 0. The van der Waals surface area contributed by atoms with Crippen molar-refractivity contribution in [3.05, 3.63) is 30.1 Å². The monoisotopic (exact) mass is 349 g/mol. The summed E-state index contributed by atoms with van der Waals surface area (Å²) in [6.07, 6.45) is 1.53. The average molecular weight is 349 g/mol. The molecule has 2 fully saturated rings. The van der Waals surface area contributed by atoms with Crippen molar-refractivity contribution in [2.24, 2.45) is 11.3 Å². The minimum Gasteiger partial charge on any atom is -0.381 e. The van der Waals surface area contributed by atoms with E-state index >= 15 is 0 Å². The SMILES string of the molecule is CN(C)C(=O)C1CN(C(=O)Nc2cccc(F)c2)CC12CCOCC2. The number of ether oxygens (including phenoxy) is 1. The van der Waals surface area contributed by atoms with Gasteiger partial charge in [-0.05, 0) is 31.0 Å². The standard InChI is InChI=1S/C18H24FN3O3/c1-21(2)16(23)15-11-22(12-18(15)6-8-25-9-7-18)17(24)20-14-5-3-4-13(19)10-14/h3-5,10,15H,6-9,11-12H2,1-2H3,(H,20,24). The molecule has 2 aliphatic heterocycles. The molecule has 1 N–H and O–H groups in total. The molecule has 0 radical (unpaired) electrons. The molecule has 1 unspecified atom stereocenters. The first kappa shape index (κ1) is 17.7. The van der Waals surface area contributed by atoms with E-state index in [0.29, 0.717) is 32.0 Å². The van der Waals surface area contributed by atoms with Gasteiger partial charge in [-0.1, -0.05) is 6.07 Å². The highest BCUT2D eigenvalue weighted by Crippen LogP contribution is 2.45. The maximum Gasteiger partial charge on any atom is 0.321 e. The topological polar surface area (TPSA) is 61.9 Å². The molecule has 0 bridgehead atoms. The number of likely N-dealkylation sites (tertiary alicyclic amines) is 1. The highest BCUT2D eigenvalue weighted by molar-refractivity contribution is 5.90. The fraction of sp³-hybridized carbons (Fsp3) is 0.556. The van der Waals surface area contributed by atoms with E-state index in [-0.39, 0.29) is 23.3 Å². The highest BCUT2D eigenvalue weighted by Gasteiger charge is 2.52. The molecule has 1 atom stereocenters. The highest BCUT2D eigenvalue weighted by atomic mass is 19.1. The van der Waals surface area contributed by atoms with Gasteiger partial charge in [0.15, 0.2) is 0 Å². The van der Waals surface area contributed by atoms with Crippen molar-refractivity contribution >= 4 is 17.6 Å². The normalized spacial score (nSPS) is 22.0. The van der Waals surface area contributed by atoms with Crippen LogP contribution in [0.3, 0.4) is 0 Å². The minimum absolute atomic E-state index is 0.0444. The van der Waals surface area contributed by atoms with Gasteiger partial charge in [-0.15, -0.1) is 0 Å². The van der Waals surface area contributed by atoms with Gasteiger partial charge in [0.05, 0.1) is 5.92 Å². The van der Waals surface area contributed by atoms with Crippen LogP contribution in [0.4, 0.5) is 14.9 Å². The summed E-state index contributed by atoms with van der Waals surface area (Å²) in [5.41, 5.74) is 0.173. The fourth-order valence-electron chi connectivity index (χ4n) is 3.83. The zero-order chi connectivity index (χ0) is 18.0. The van der Waals surface area contributed by atoms with Gasteiger partial charge in [-0.2, -0.15) is 0 Å². The molecule has 3 amide bonds. The third kappa shape index (κ3) is 3.61. The number of benzene rings is 1. The average Bonchev–Trinajstić information content (AvgIpc) is 2.93. The third-order valence-corrected chi connectivity index (χ3v) is 5.24. The number of carbonyl (C=O) groups excluding carboxylic acids is 2. The molecule has 136 valence electrons. The van der Waals surface area contributed by atoms with Crippen LogP contribution in [-0.2, 0) is 9.53 Å². The van der Waals surface area contributed by atoms with Gasteiger partial charge < -0.3 is 19.9 Å². The smallest absolute Gasteiger partial charge is 0.321 e. The Morgan fingerprint density at radius 2 is 2.04 bits per heavy atom. The van der Waals surface area contributed by atoms with Crippen molar-refractivity contribution in [3.8, 4) is 0 Å². The zero-order valence-corrected chi connectivity index (χ0v) is 14.6. The predicted octanol–water partition coefficient (Wildman–Crippen LogP) is 2.17. The van der Waals surface area contributed by atoms with E-state index in [1.807, 2.05) is 0 Å². The molecule has 2 aliphatic rings. The largest absolute Gasteiger partial charge is 0.381 e. The lowest BCUT2D eigenvalue weighted by Crippen LogP contribution is -2.44. The Balaban J connectivity index is 1.76. The lowest BCUT2D eigenvalue weighted by Gasteiger charge is -2.37. The zero-order valence-electron chi connectivity index (χ0n) is 14.6. The van der Waals surface area contributed by atoms with Crippen molar-refractivity contribution in [3.63, 3.8) is 0 Å². The Labute approximate surface area is 146 Å². The summed E-state index contributed by atoms with van der Waals surface area (Å²) in [5.74, 6) is -0.589. The maximum atomic E-state index is 13.3. The van der Waals surface area contributed by atoms with Crippen LogP contribution < -0.4 is 5.32 Å².